The van der Waals surface area contributed by atoms with Crippen molar-refractivity contribution in [3.8, 4) is 5.75 Å². The summed E-state index contributed by atoms with van der Waals surface area (Å²) in [6, 6.07) is 5.60. The number of aryl methyl sites for hydroxylation is 2. The third-order valence-electron chi connectivity index (χ3n) is 5.47. The maximum absolute atomic E-state index is 12.4. The molecule has 1 aromatic carbocycles. The van der Waals surface area contributed by atoms with Gasteiger partial charge in [-0.25, -0.2) is 0 Å². The average Bonchev–Trinajstić information content (AvgIpc) is 2.87. The molecule has 7 nitrogen and oxygen atoms in total. The molecule has 158 valence electrons. The van der Waals surface area contributed by atoms with Crippen LogP contribution in [0, 0.1) is 13.8 Å². The number of hydrogen-bond donors (Lipinski definition) is 2. The van der Waals surface area contributed by atoms with Gasteiger partial charge in [-0.2, -0.15) is 5.10 Å². The smallest absolute Gasteiger partial charge is 0.238 e. The Kier molecular flexibility index (Phi) is 6.82. The van der Waals surface area contributed by atoms with Gasteiger partial charge in [0.2, 0.25) is 5.91 Å². The van der Waals surface area contributed by atoms with Gasteiger partial charge in [0.15, 0.2) is 0 Å². The van der Waals surface area contributed by atoms with Crippen molar-refractivity contribution in [2.75, 3.05) is 31.6 Å². The summed E-state index contributed by atoms with van der Waals surface area (Å²) in [6.45, 7) is 5.74. The van der Waals surface area contributed by atoms with Crippen molar-refractivity contribution in [2.24, 2.45) is 7.05 Å². The minimum absolute atomic E-state index is 0.0747. The normalized spacial score (nSPS) is 20.3. The van der Waals surface area contributed by atoms with E-state index in [9.17, 15) is 9.90 Å². The number of hydrogen-bond acceptors (Lipinski definition) is 5. The predicted molar refractivity (Wildman–Crippen MR) is 113 cm³/mol. The Morgan fingerprint density at radius 3 is 2.86 bits per heavy atom. The highest BCUT2D eigenvalue weighted by atomic mass is 35.5. The Morgan fingerprint density at radius 1 is 1.34 bits per heavy atom. The zero-order chi connectivity index (χ0) is 21.0. The number of nitrogens with one attached hydrogen (secondary N) is 1. The van der Waals surface area contributed by atoms with E-state index in [0.717, 1.165) is 29.9 Å². The summed E-state index contributed by atoms with van der Waals surface area (Å²) in [6.07, 6.45) is 3.61. The monoisotopic (exact) mass is 420 g/mol. The van der Waals surface area contributed by atoms with Gasteiger partial charge < -0.3 is 15.2 Å². The lowest BCUT2D eigenvalue weighted by molar-refractivity contribution is -0.117. The average molecular weight is 421 g/mol. The first-order valence-electron chi connectivity index (χ1n) is 9.88. The van der Waals surface area contributed by atoms with Gasteiger partial charge >= 0.3 is 0 Å². The molecule has 2 heterocycles. The van der Waals surface area contributed by atoms with Crippen LogP contribution < -0.4 is 10.1 Å². The van der Waals surface area contributed by atoms with Gasteiger partial charge in [0.1, 0.15) is 12.4 Å². The molecule has 0 bridgehead atoms. The fourth-order valence-electron chi connectivity index (χ4n) is 3.48. The Balaban J connectivity index is 1.51. The van der Waals surface area contributed by atoms with Crippen molar-refractivity contribution in [1.82, 2.24) is 14.7 Å². The number of likely N-dealkylation sites (tertiary alicyclic amines) is 1. The van der Waals surface area contributed by atoms with Crippen molar-refractivity contribution in [3.05, 3.63) is 40.7 Å². The molecule has 2 aromatic rings. The van der Waals surface area contributed by atoms with Crippen molar-refractivity contribution < 1.29 is 14.6 Å². The first-order valence-corrected chi connectivity index (χ1v) is 10.3. The second-order valence-corrected chi connectivity index (χ2v) is 8.30. The highest BCUT2D eigenvalue weighted by molar-refractivity contribution is 6.32. The van der Waals surface area contributed by atoms with Crippen LogP contribution in [0.4, 0.5) is 5.69 Å². The lowest BCUT2D eigenvalue weighted by Gasteiger charge is -2.27. The molecule has 3 rings (SSSR count). The second kappa shape index (κ2) is 9.15. The Labute approximate surface area is 176 Å². The van der Waals surface area contributed by atoms with Gasteiger partial charge in [0.05, 0.1) is 34.7 Å². The van der Waals surface area contributed by atoms with Crippen LogP contribution in [0.1, 0.15) is 30.5 Å². The summed E-state index contributed by atoms with van der Waals surface area (Å²) in [5, 5.41) is 18.6. The van der Waals surface area contributed by atoms with Gasteiger partial charge in [-0.15, -0.1) is 0 Å². The summed E-state index contributed by atoms with van der Waals surface area (Å²) in [7, 11) is 1.84. The molecule has 1 unspecified atom stereocenters. The summed E-state index contributed by atoms with van der Waals surface area (Å²) in [5.41, 5.74) is 1.76. The molecule has 29 heavy (non-hydrogen) atoms. The maximum atomic E-state index is 12.4. The number of nitrogens with zero attached hydrogens (tertiary/aromatic N) is 3. The highest BCUT2D eigenvalue weighted by Gasteiger charge is 2.32. The van der Waals surface area contributed by atoms with Crippen LogP contribution in [0.2, 0.25) is 5.02 Å². The van der Waals surface area contributed by atoms with Crippen molar-refractivity contribution in [2.45, 2.75) is 38.7 Å². The minimum Gasteiger partial charge on any atom is -0.489 e. The number of carbonyl (C=O) groups excluding carboxylic acids is 1. The predicted octanol–water partition coefficient (Wildman–Crippen LogP) is 2.92. The fourth-order valence-corrected chi connectivity index (χ4v) is 3.66. The molecule has 1 amide bonds. The van der Waals surface area contributed by atoms with Crippen LogP contribution >= 0.6 is 11.6 Å². The van der Waals surface area contributed by atoms with Crippen LogP contribution in [0.3, 0.4) is 0 Å². The molecule has 1 aliphatic rings. The van der Waals surface area contributed by atoms with Gasteiger partial charge in [0, 0.05) is 13.6 Å². The van der Waals surface area contributed by atoms with Crippen LogP contribution in [0.25, 0.3) is 0 Å². The lowest BCUT2D eigenvalue weighted by Crippen LogP contribution is -2.38. The number of carbonyl (C=O) groups is 1. The van der Waals surface area contributed by atoms with E-state index in [4.69, 9.17) is 16.3 Å². The lowest BCUT2D eigenvalue weighted by atomic mass is 9.96. The van der Waals surface area contributed by atoms with Gasteiger partial charge in [0.25, 0.3) is 0 Å². The van der Waals surface area contributed by atoms with Gasteiger partial charge in [-0.3, -0.25) is 14.4 Å². The summed E-state index contributed by atoms with van der Waals surface area (Å²) < 4.78 is 7.56. The highest BCUT2D eigenvalue weighted by Crippen LogP contribution is 2.29. The van der Waals surface area contributed by atoms with Crippen LogP contribution in [-0.2, 0) is 11.8 Å². The molecule has 0 radical (unpaired) electrons. The number of rotatable bonds is 6. The summed E-state index contributed by atoms with van der Waals surface area (Å²) in [4.78, 5) is 14.5. The maximum Gasteiger partial charge on any atom is 0.238 e. The van der Waals surface area contributed by atoms with Crippen molar-refractivity contribution in [1.29, 1.82) is 0 Å². The fraction of sp³-hybridized carbons (Fsp3) is 0.524. The van der Waals surface area contributed by atoms with Crippen LogP contribution in [-0.4, -0.2) is 57.5 Å². The number of aliphatic hydroxyl groups is 1. The quantitative estimate of drug-likeness (QED) is 0.751. The molecule has 1 fully saturated rings. The number of amides is 1. The minimum atomic E-state index is -0.932. The zero-order valence-corrected chi connectivity index (χ0v) is 18.0. The topological polar surface area (TPSA) is 79.6 Å². The third-order valence-corrected chi connectivity index (χ3v) is 5.78. The van der Waals surface area contributed by atoms with E-state index in [-0.39, 0.29) is 19.1 Å². The van der Waals surface area contributed by atoms with Crippen molar-refractivity contribution >= 4 is 23.2 Å². The van der Waals surface area contributed by atoms with E-state index in [1.807, 2.05) is 33.0 Å². The molecule has 1 saturated heterocycles. The number of aromatic nitrogens is 2. The Morgan fingerprint density at radius 2 is 2.14 bits per heavy atom. The van der Waals surface area contributed by atoms with E-state index >= 15 is 0 Å². The molecule has 0 saturated carbocycles. The van der Waals surface area contributed by atoms with Crippen LogP contribution in [0.5, 0.6) is 5.75 Å². The molecule has 1 aliphatic heterocycles. The van der Waals surface area contributed by atoms with Crippen LogP contribution in [0.15, 0.2) is 24.4 Å². The largest absolute Gasteiger partial charge is 0.489 e. The molecule has 1 aromatic heterocycles. The summed E-state index contributed by atoms with van der Waals surface area (Å²) in [5.74, 6) is 0.516. The molecular formula is C21H29ClN4O3. The summed E-state index contributed by atoms with van der Waals surface area (Å²) >= 11 is 6.19. The van der Waals surface area contributed by atoms with E-state index in [2.05, 4.69) is 15.3 Å². The molecule has 8 heteroatoms. The first-order chi connectivity index (χ1) is 13.8. The molecule has 1 atom stereocenters. The number of halogens is 1. The number of ether oxygens (including phenoxy) is 1. The molecule has 0 aliphatic carbocycles. The van der Waals surface area contributed by atoms with E-state index in [1.54, 1.807) is 16.9 Å². The molecular weight excluding hydrogens is 392 g/mol. The van der Waals surface area contributed by atoms with Gasteiger partial charge in [-0.1, -0.05) is 17.7 Å². The molecule has 2 N–H and O–H groups in total. The van der Waals surface area contributed by atoms with E-state index in [1.165, 1.54) is 0 Å². The Bertz CT molecular complexity index is 870. The van der Waals surface area contributed by atoms with E-state index in [0.29, 0.717) is 30.2 Å². The zero-order valence-electron chi connectivity index (χ0n) is 17.2. The Hall–Kier alpha value is -2.09. The second-order valence-electron chi connectivity index (χ2n) is 7.89. The van der Waals surface area contributed by atoms with Gasteiger partial charge in [-0.05, 0) is 57.4 Å². The molecule has 0 spiro atoms. The first kappa shape index (κ1) is 21.6. The third kappa shape index (κ3) is 5.72. The SMILES string of the molecule is Cc1ccc(Cl)c(OCC2(O)CCCN(CC(=O)Nc3cnn(C)c3C)CC2)c1. The number of benzene rings is 1. The van der Waals surface area contributed by atoms with Crippen molar-refractivity contribution in [3.63, 3.8) is 0 Å². The number of anilines is 1. The van der Waals surface area contributed by atoms with E-state index < -0.39 is 5.60 Å². The standard InChI is InChI=1S/C21H29ClN4O3/c1-15-5-6-17(22)19(11-15)29-14-21(28)7-4-9-26(10-8-21)13-20(27)24-18-12-23-25(3)16(18)2/h5-6,11-12,28H,4,7-10,13-14H2,1-3H3,(H,24,27).